The molecule has 0 spiro atoms. The van der Waals surface area contributed by atoms with E-state index in [4.69, 9.17) is 10.2 Å². The molecule has 0 unspecified atom stereocenters. The molecule has 0 radical (unpaired) electrons. The van der Waals surface area contributed by atoms with Crippen molar-refractivity contribution in [1.29, 1.82) is 0 Å². The summed E-state index contributed by atoms with van der Waals surface area (Å²) in [5, 5.41) is 3.06. The van der Waals surface area contributed by atoms with Crippen LogP contribution in [-0.2, 0) is 11.2 Å². The van der Waals surface area contributed by atoms with E-state index in [2.05, 4.69) is 5.32 Å². The molecule has 1 aromatic heterocycles. The second kappa shape index (κ2) is 6.37. The summed E-state index contributed by atoms with van der Waals surface area (Å²) >= 11 is 0. The fourth-order valence-electron chi connectivity index (χ4n) is 2.32. The zero-order valence-corrected chi connectivity index (χ0v) is 12.6. The molecule has 120 valence electrons. The Morgan fingerprint density at radius 3 is 2.46 bits per heavy atom. The van der Waals surface area contributed by atoms with Gasteiger partial charge in [0.1, 0.15) is 5.58 Å². The molecule has 6 nitrogen and oxygen atoms in total. The Kier molecular flexibility index (Phi) is 4.11. The number of anilines is 1. The van der Waals surface area contributed by atoms with E-state index in [1.165, 1.54) is 6.07 Å². The summed E-state index contributed by atoms with van der Waals surface area (Å²) in [6.07, 6.45) is 0.133. The van der Waals surface area contributed by atoms with Gasteiger partial charge in [-0.15, -0.1) is 0 Å². The molecule has 3 N–H and O–H groups in total. The van der Waals surface area contributed by atoms with Crippen LogP contribution in [0, 0.1) is 0 Å². The molecule has 0 saturated heterocycles. The first kappa shape index (κ1) is 15.5. The van der Waals surface area contributed by atoms with Crippen molar-refractivity contribution in [2.75, 3.05) is 5.32 Å². The maximum absolute atomic E-state index is 12.3. The monoisotopic (exact) mass is 322 g/mol. The molecule has 0 aliphatic carbocycles. The van der Waals surface area contributed by atoms with Gasteiger partial charge in [-0.2, -0.15) is 0 Å². The van der Waals surface area contributed by atoms with Crippen LogP contribution >= 0.6 is 0 Å². The molecule has 1 heterocycles. The van der Waals surface area contributed by atoms with E-state index in [0.717, 1.165) is 5.56 Å². The van der Waals surface area contributed by atoms with E-state index in [1.807, 2.05) is 0 Å². The standard InChI is InChI=1S/C18H14N2O4/c19-17(22)9-11-5-7-12(8-6-11)20-18(23)16-10-14(21)13-3-1-2-4-15(13)24-16/h1-8,10H,9H2,(H2,19,22)(H,20,23). The number of benzene rings is 2. The maximum Gasteiger partial charge on any atom is 0.291 e. The van der Waals surface area contributed by atoms with E-state index in [-0.39, 0.29) is 17.6 Å². The first-order valence-electron chi connectivity index (χ1n) is 7.24. The van der Waals surface area contributed by atoms with Crippen LogP contribution in [0.15, 0.2) is 63.8 Å². The van der Waals surface area contributed by atoms with Gasteiger partial charge in [0.25, 0.3) is 5.91 Å². The van der Waals surface area contributed by atoms with Gasteiger partial charge >= 0.3 is 0 Å². The van der Waals surface area contributed by atoms with Crippen LogP contribution < -0.4 is 16.5 Å². The molecule has 0 atom stereocenters. The number of hydrogen-bond donors (Lipinski definition) is 2. The van der Waals surface area contributed by atoms with Crippen molar-refractivity contribution in [3.05, 3.63) is 76.1 Å². The minimum Gasteiger partial charge on any atom is -0.451 e. The highest BCUT2D eigenvalue weighted by atomic mass is 16.3. The number of hydrogen-bond acceptors (Lipinski definition) is 4. The maximum atomic E-state index is 12.3. The van der Waals surface area contributed by atoms with Crippen LogP contribution in [0.2, 0.25) is 0 Å². The topological polar surface area (TPSA) is 102 Å². The minimum absolute atomic E-state index is 0.0695. The van der Waals surface area contributed by atoms with Crippen LogP contribution in [-0.4, -0.2) is 11.8 Å². The molecule has 0 bridgehead atoms. The lowest BCUT2D eigenvalue weighted by Crippen LogP contribution is -2.15. The number of amides is 2. The van der Waals surface area contributed by atoms with Crippen LogP contribution in [0.1, 0.15) is 16.1 Å². The SMILES string of the molecule is NC(=O)Cc1ccc(NC(=O)c2cc(=O)c3ccccc3o2)cc1. The van der Waals surface area contributed by atoms with Gasteiger partial charge in [0.15, 0.2) is 11.2 Å². The van der Waals surface area contributed by atoms with Gasteiger partial charge in [0, 0.05) is 11.8 Å². The van der Waals surface area contributed by atoms with Crippen molar-refractivity contribution < 1.29 is 14.0 Å². The van der Waals surface area contributed by atoms with Crippen molar-refractivity contribution in [3.8, 4) is 0 Å². The predicted molar refractivity (Wildman–Crippen MR) is 89.8 cm³/mol. The summed E-state index contributed by atoms with van der Waals surface area (Å²) in [5.41, 5.74) is 6.47. The molecular formula is C18H14N2O4. The van der Waals surface area contributed by atoms with Crippen molar-refractivity contribution >= 4 is 28.5 Å². The van der Waals surface area contributed by atoms with Crippen molar-refractivity contribution in [3.63, 3.8) is 0 Å². The number of para-hydroxylation sites is 1. The third-order valence-corrected chi connectivity index (χ3v) is 3.45. The molecule has 0 fully saturated rings. The average Bonchev–Trinajstić information content (AvgIpc) is 2.56. The Labute approximate surface area is 136 Å². The van der Waals surface area contributed by atoms with E-state index >= 15 is 0 Å². The lowest BCUT2D eigenvalue weighted by molar-refractivity contribution is -0.117. The Hall–Kier alpha value is -3.41. The lowest BCUT2D eigenvalue weighted by atomic mass is 10.1. The molecule has 6 heteroatoms. The van der Waals surface area contributed by atoms with Gasteiger partial charge in [-0.3, -0.25) is 14.4 Å². The van der Waals surface area contributed by atoms with E-state index in [9.17, 15) is 14.4 Å². The van der Waals surface area contributed by atoms with Gasteiger partial charge in [0.2, 0.25) is 5.91 Å². The molecule has 0 saturated carbocycles. The van der Waals surface area contributed by atoms with Crippen LogP contribution in [0.5, 0.6) is 0 Å². The van der Waals surface area contributed by atoms with Crippen molar-refractivity contribution in [2.45, 2.75) is 6.42 Å². The lowest BCUT2D eigenvalue weighted by Gasteiger charge is -2.06. The fourth-order valence-corrected chi connectivity index (χ4v) is 2.32. The van der Waals surface area contributed by atoms with Crippen molar-refractivity contribution in [2.24, 2.45) is 5.73 Å². The number of rotatable bonds is 4. The molecule has 2 amide bonds. The summed E-state index contributed by atoms with van der Waals surface area (Å²) < 4.78 is 5.48. The third-order valence-electron chi connectivity index (χ3n) is 3.45. The van der Waals surface area contributed by atoms with E-state index in [0.29, 0.717) is 16.7 Å². The highest BCUT2D eigenvalue weighted by Crippen LogP contribution is 2.15. The molecule has 0 aliphatic rings. The summed E-state index contributed by atoms with van der Waals surface area (Å²) in [6, 6.07) is 14.6. The summed E-state index contributed by atoms with van der Waals surface area (Å²) in [6.45, 7) is 0. The molecule has 0 aliphatic heterocycles. The number of fused-ring (bicyclic) bond motifs is 1. The summed E-state index contributed by atoms with van der Waals surface area (Å²) in [7, 11) is 0. The highest BCUT2D eigenvalue weighted by molar-refractivity contribution is 6.03. The zero-order chi connectivity index (χ0) is 17.1. The second-order valence-corrected chi connectivity index (χ2v) is 5.27. The number of nitrogens with one attached hydrogen (secondary N) is 1. The van der Waals surface area contributed by atoms with Crippen LogP contribution in [0.25, 0.3) is 11.0 Å². The Bertz CT molecular complexity index is 974. The molecule has 3 rings (SSSR count). The second-order valence-electron chi connectivity index (χ2n) is 5.27. The van der Waals surface area contributed by atoms with Gasteiger partial charge in [0.05, 0.1) is 11.8 Å². The molecule has 24 heavy (non-hydrogen) atoms. The average molecular weight is 322 g/mol. The first-order valence-corrected chi connectivity index (χ1v) is 7.24. The van der Waals surface area contributed by atoms with Gasteiger partial charge in [-0.05, 0) is 29.8 Å². The molecular weight excluding hydrogens is 308 g/mol. The largest absolute Gasteiger partial charge is 0.451 e. The predicted octanol–water partition coefficient (Wildman–Crippen LogP) is 2.07. The van der Waals surface area contributed by atoms with E-state index in [1.54, 1.807) is 48.5 Å². The van der Waals surface area contributed by atoms with Gasteiger partial charge < -0.3 is 15.5 Å². The number of carbonyl (C=O) groups excluding carboxylic acids is 2. The van der Waals surface area contributed by atoms with Gasteiger partial charge in [-0.25, -0.2) is 0 Å². The third kappa shape index (κ3) is 3.33. The van der Waals surface area contributed by atoms with Crippen LogP contribution in [0.4, 0.5) is 5.69 Å². The molecule has 2 aromatic carbocycles. The van der Waals surface area contributed by atoms with Crippen molar-refractivity contribution in [1.82, 2.24) is 0 Å². The Balaban J connectivity index is 1.82. The number of primary amides is 1. The fraction of sp³-hybridized carbons (Fsp3) is 0.0556. The summed E-state index contributed by atoms with van der Waals surface area (Å²) in [4.78, 5) is 35.1. The van der Waals surface area contributed by atoms with E-state index < -0.39 is 11.8 Å². The van der Waals surface area contributed by atoms with Crippen LogP contribution in [0.3, 0.4) is 0 Å². The minimum atomic E-state index is -0.527. The Morgan fingerprint density at radius 1 is 1.04 bits per heavy atom. The molecule has 3 aromatic rings. The Morgan fingerprint density at radius 2 is 1.75 bits per heavy atom. The smallest absolute Gasteiger partial charge is 0.291 e. The summed E-state index contributed by atoms with van der Waals surface area (Å²) in [5.74, 6) is -1.02. The normalized spacial score (nSPS) is 10.5. The van der Waals surface area contributed by atoms with Gasteiger partial charge in [-0.1, -0.05) is 24.3 Å². The first-order chi connectivity index (χ1) is 11.5. The zero-order valence-electron chi connectivity index (χ0n) is 12.6. The number of nitrogens with two attached hydrogens (primary N) is 1. The highest BCUT2D eigenvalue weighted by Gasteiger charge is 2.12. The quantitative estimate of drug-likeness (QED) is 0.767. The number of carbonyl (C=O) groups is 2.